The van der Waals surface area contributed by atoms with E-state index in [0.29, 0.717) is 11.1 Å². The van der Waals surface area contributed by atoms with E-state index in [1.165, 1.54) is 31.2 Å². The third kappa shape index (κ3) is 3.61. The second-order valence-electron chi connectivity index (χ2n) is 3.64. The average molecular weight is 232 g/mol. The third-order valence-electron chi connectivity index (χ3n) is 2.27. The molecule has 1 rings (SSSR count). The number of nitrogens with zero attached hydrogens (tertiary/aromatic N) is 1. The minimum absolute atomic E-state index is 0.0775. The van der Waals surface area contributed by atoms with E-state index in [1.807, 2.05) is 6.07 Å². The highest BCUT2D eigenvalue weighted by Gasteiger charge is 2.12. The monoisotopic (exact) mass is 232 g/mol. The number of carboxylic acids is 1. The van der Waals surface area contributed by atoms with Crippen molar-refractivity contribution in [3.63, 3.8) is 0 Å². The predicted molar refractivity (Wildman–Crippen MR) is 60.3 cm³/mol. The number of benzene rings is 1. The van der Waals surface area contributed by atoms with Crippen LogP contribution in [0.5, 0.6) is 0 Å². The highest BCUT2D eigenvalue weighted by atomic mass is 16.4. The molecule has 0 aromatic heterocycles. The van der Waals surface area contributed by atoms with E-state index in [9.17, 15) is 9.59 Å². The van der Waals surface area contributed by atoms with Gasteiger partial charge in [0.25, 0.3) is 5.91 Å². The predicted octanol–water partition coefficient (Wildman–Crippen LogP) is 1.01. The number of hydrogen-bond donors (Lipinski definition) is 2. The van der Waals surface area contributed by atoms with Gasteiger partial charge in [0.15, 0.2) is 0 Å². The van der Waals surface area contributed by atoms with E-state index in [2.05, 4.69) is 5.32 Å². The zero-order chi connectivity index (χ0) is 12.8. The van der Waals surface area contributed by atoms with Gasteiger partial charge < -0.3 is 10.4 Å². The lowest BCUT2D eigenvalue weighted by Gasteiger charge is -2.08. The van der Waals surface area contributed by atoms with Crippen LogP contribution in [-0.2, 0) is 4.79 Å². The van der Waals surface area contributed by atoms with E-state index >= 15 is 0 Å². The molecule has 1 aromatic rings. The molecule has 0 spiro atoms. The van der Waals surface area contributed by atoms with Crippen molar-refractivity contribution in [2.45, 2.75) is 6.92 Å². The Morgan fingerprint density at radius 3 is 2.47 bits per heavy atom. The fourth-order valence-corrected chi connectivity index (χ4v) is 1.13. The number of carboxylic acid groups (broad SMARTS) is 1. The Labute approximate surface area is 98.7 Å². The van der Waals surface area contributed by atoms with Crippen LogP contribution in [0.3, 0.4) is 0 Å². The molecule has 2 N–H and O–H groups in total. The molecule has 1 aromatic carbocycles. The van der Waals surface area contributed by atoms with Gasteiger partial charge in [-0.25, -0.2) is 0 Å². The van der Waals surface area contributed by atoms with E-state index in [0.717, 1.165) is 0 Å². The van der Waals surface area contributed by atoms with Gasteiger partial charge in [-0.05, 0) is 24.3 Å². The number of carbonyl (C=O) groups is 2. The maximum Gasteiger partial charge on any atom is 0.308 e. The van der Waals surface area contributed by atoms with Crippen molar-refractivity contribution in [3.05, 3.63) is 35.4 Å². The van der Waals surface area contributed by atoms with Gasteiger partial charge in [-0.1, -0.05) is 6.92 Å². The molecule has 0 aliphatic heterocycles. The van der Waals surface area contributed by atoms with Crippen molar-refractivity contribution >= 4 is 11.9 Å². The molecule has 0 saturated carbocycles. The number of nitriles is 1. The summed E-state index contributed by atoms with van der Waals surface area (Å²) >= 11 is 0. The zero-order valence-electron chi connectivity index (χ0n) is 9.30. The number of carbonyl (C=O) groups excluding carboxylic acids is 1. The second kappa shape index (κ2) is 5.66. The first-order valence-corrected chi connectivity index (χ1v) is 5.05. The molecular weight excluding hydrogens is 220 g/mol. The van der Waals surface area contributed by atoms with Crippen LogP contribution in [-0.4, -0.2) is 23.5 Å². The molecule has 0 fully saturated rings. The van der Waals surface area contributed by atoms with E-state index in [-0.39, 0.29) is 12.5 Å². The van der Waals surface area contributed by atoms with Crippen LogP contribution in [0, 0.1) is 17.2 Å². The topological polar surface area (TPSA) is 90.2 Å². The molecule has 0 radical (unpaired) electrons. The SMILES string of the molecule is CC(CNC(=O)c1ccc(C#N)cc1)C(=O)O. The summed E-state index contributed by atoms with van der Waals surface area (Å²) in [4.78, 5) is 22.1. The summed E-state index contributed by atoms with van der Waals surface area (Å²) in [6.45, 7) is 1.59. The van der Waals surface area contributed by atoms with Gasteiger partial charge >= 0.3 is 5.97 Å². The summed E-state index contributed by atoms with van der Waals surface area (Å²) in [6, 6.07) is 8.08. The number of nitrogens with one attached hydrogen (secondary N) is 1. The number of hydrogen-bond acceptors (Lipinski definition) is 3. The van der Waals surface area contributed by atoms with Crippen molar-refractivity contribution < 1.29 is 14.7 Å². The van der Waals surface area contributed by atoms with E-state index < -0.39 is 11.9 Å². The number of rotatable bonds is 4. The largest absolute Gasteiger partial charge is 0.481 e. The van der Waals surface area contributed by atoms with Crippen LogP contribution in [0.15, 0.2) is 24.3 Å². The first-order chi connectivity index (χ1) is 8.04. The summed E-state index contributed by atoms with van der Waals surface area (Å²) in [5, 5.41) is 19.7. The Morgan fingerprint density at radius 2 is 2.00 bits per heavy atom. The lowest BCUT2D eigenvalue weighted by molar-refractivity contribution is -0.140. The summed E-state index contributed by atoms with van der Waals surface area (Å²) in [5.41, 5.74) is 0.877. The number of aliphatic carboxylic acids is 1. The molecular formula is C12H12N2O3. The zero-order valence-corrected chi connectivity index (χ0v) is 9.30. The minimum atomic E-state index is -0.954. The molecule has 5 heteroatoms. The Bertz CT molecular complexity index is 460. The normalized spacial score (nSPS) is 11.3. The van der Waals surface area contributed by atoms with Crippen LogP contribution in [0.25, 0.3) is 0 Å². The van der Waals surface area contributed by atoms with Crippen LogP contribution in [0.4, 0.5) is 0 Å². The molecule has 0 heterocycles. The molecule has 88 valence electrons. The minimum Gasteiger partial charge on any atom is -0.481 e. The van der Waals surface area contributed by atoms with Crippen LogP contribution in [0.1, 0.15) is 22.8 Å². The Balaban J connectivity index is 2.58. The second-order valence-corrected chi connectivity index (χ2v) is 3.64. The molecule has 5 nitrogen and oxygen atoms in total. The standard InChI is InChI=1S/C12H12N2O3/c1-8(12(16)17)7-14-11(15)10-4-2-9(6-13)3-5-10/h2-5,8H,7H2,1H3,(H,14,15)(H,16,17). The van der Waals surface area contributed by atoms with E-state index in [4.69, 9.17) is 10.4 Å². The maximum atomic E-state index is 11.6. The van der Waals surface area contributed by atoms with Gasteiger partial charge in [-0.2, -0.15) is 5.26 Å². The highest BCUT2D eigenvalue weighted by Crippen LogP contribution is 2.03. The average Bonchev–Trinajstić information content (AvgIpc) is 2.35. The highest BCUT2D eigenvalue weighted by molar-refractivity contribution is 5.94. The summed E-state index contributed by atoms with van der Waals surface area (Å²) in [7, 11) is 0. The quantitative estimate of drug-likeness (QED) is 0.810. The molecule has 0 aliphatic rings. The third-order valence-corrected chi connectivity index (χ3v) is 2.27. The Hall–Kier alpha value is -2.35. The van der Waals surface area contributed by atoms with Gasteiger partial charge in [0.2, 0.25) is 0 Å². The van der Waals surface area contributed by atoms with Gasteiger partial charge in [0, 0.05) is 12.1 Å². The van der Waals surface area contributed by atoms with Crippen molar-refractivity contribution in [2.24, 2.45) is 5.92 Å². The molecule has 0 saturated heterocycles. The first-order valence-electron chi connectivity index (χ1n) is 5.05. The Kier molecular flexibility index (Phi) is 4.23. The molecule has 1 atom stereocenters. The van der Waals surface area contributed by atoms with Crippen molar-refractivity contribution in [1.29, 1.82) is 5.26 Å². The molecule has 0 aliphatic carbocycles. The summed E-state index contributed by atoms with van der Waals surface area (Å²) in [6.07, 6.45) is 0. The lowest BCUT2D eigenvalue weighted by Crippen LogP contribution is -2.31. The maximum absolute atomic E-state index is 11.6. The molecule has 1 amide bonds. The molecule has 1 unspecified atom stereocenters. The van der Waals surface area contributed by atoms with Crippen LogP contribution in [0.2, 0.25) is 0 Å². The van der Waals surface area contributed by atoms with Crippen LogP contribution >= 0.6 is 0 Å². The smallest absolute Gasteiger partial charge is 0.308 e. The van der Waals surface area contributed by atoms with Crippen molar-refractivity contribution in [1.82, 2.24) is 5.32 Å². The molecule has 0 bridgehead atoms. The fourth-order valence-electron chi connectivity index (χ4n) is 1.13. The first kappa shape index (κ1) is 12.7. The van der Waals surface area contributed by atoms with Gasteiger partial charge in [-0.3, -0.25) is 9.59 Å². The van der Waals surface area contributed by atoms with Gasteiger partial charge in [0.05, 0.1) is 17.6 Å². The van der Waals surface area contributed by atoms with E-state index in [1.54, 1.807) is 0 Å². The van der Waals surface area contributed by atoms with Gasteiger partial charge in [0.1, 0.15) is 0 Å². The Morgan fingerprint density at radius 1 is 1.41 bits per heavy atom. The summed E-state index contributed by atoms with van der Waals surface area (Å²) < 4.78 is 0. The number of amides is 1. The summed E-state index contributed by atoms with van der Waals surface area (Å²) in [5.74, 6) is -1.93. The van der Waals surface area contributed by atoms with Gasteiger partial charge in [-0.15, -0.1) is 0 Å². The van der Waals surface area contributed by atoms with Crippen molar-refractivity contribution in [2.75, 3.05) is 6.54 Å². The van der Waals surface area contributed by atoms with Crippen LogP contribution < -0.4 is 5.32 Å². The molecule has 17 heavy (non-hydrogen) atoms. The fraction of sp³-hybridized carbons (Fsp3) is 0.250. The van der Waals surface area contributed by atoms with Crippen molar-refractivity contribution in [3.8, 4) is 6.07 Å². The lowest BCUT2D eigenvalue weighted by atomic mass is 10.1.